The van der Waals surface area contributed by atoms with Crippen LogP contribution in [-0.2, 0) is 0 Å². The van der Waals surface area contributed by atoms with E-state index >= 15 is 0 Å². The predicted octanol–water partition coefficient (Wildman–Crippen LogP) is 1.92. The summed E-state index contributed by atoms with van der Waals surface area (Å²) in [5, 5.41) is 4.06. The first kappa shape index (κ1) is 10.9. The van der Waals surface area contributed by atoms with Gasteiger partial charge in [0.1, 0.15) is 4.99 Å². The second-order valence-electron chi connectivity index (χ2n) is 3.55. The van der Waals surface area contributed by atoms with E-state index in [2.05, 4.69) is 10.2 Å². The fourth-order valence-electron chi connectivity index (χ4n) is 1.64. The topological polar surface area (TPSA) is 15.3 Å². The van der Waals surface area contributed by atoms with Gasteiger partial charge >= 0.3 is 0 Å². The van der Waals surface area contributed by atoms with Crippen LogP contribution in [0.1, 0.15) is 5.56 Å². The lowest BCUT2D eigenvalue weighted by Crippen LogP contribution is -2.46. The van der Waals surface area contributed by atoms with Gasteiger partial charge in [-0.3, -0.25) is 0 Å². The van der Waals surface area contributed by atoms with E-state index in [-0.39, 0.29) is 0 Å². The van der Waals surface area contributed by atoms with E-state index in [1.807, 2.05) is 24.3 Å². The Morgan fingerprint density at radius 2 is 1.80 bits per heavy atom. The molecule has 0 unspecified atom stereocenters. The van der Waals surface area contributed by atoms with Gasteiger partial charge in [-0.2, -0.15) is 0 Å². The van der Waals surface area contributed by atoms with Gasteiger partial charge in [0, 0.05) is 36.8 Å². The number of nitrogens with one attached hydrogen (secondary N) is 1. The molecule has 4 heteroatoms. The average molecular weight is 241 g/mol. The standard InChI is InChI=1S/C11H13ClN2S/c12-10-3-1-9(2-4-10)11(15)14-7-5-13-6-8-14/h1-4,13H,5-8H2. The van der Waals surface area contributed by atoms with E-state index in [9.17, 15) is 0 Å². The minimum atomic E-state index is 0.752. The Hall–Kier alpha value is -0.640. The minimum Gasteiger partial charge on any atom is -0.360 e. The van der Waals surface area contributed by atoms with Crippen LogP contribution in [0.2, 0.25) is 5.02 Å². The molecule has 1 aliphatic heterocycles. The zero-order valence-electron chi connectivity index (χ0n) is 8.37. The molecule has 0 aliphatic carbocycles. The van der Waals surface area contributed by atoms with Crippen LogP contribution in [0.3, 0.4) is 0 Å². The maximum Gasteiger partial charge on any atom is 0.109 e. The van der Waals surface area contributed by atoms with Crippen molar-refractivity contribution in [1.82, 2.24) is 10.2 Å². The van der Waals surface area contributed by atoms with Crippen LogP contribution in [0.15, 0.2) is 24.3 Å². The number of hydrogen-bond donors (Lipinski definition) is 1. The van der Waals surface area contributed by atoms with E-state index < -0.39 is 0 Å². The highest BCUT2D eigenvalue weighted by Gasteiger charge is 2.13. The van der Waals surface area contributed by atoms with E-state index in [4.69, 9.17) is 23.8 Å². The summed E-state index contributed by atoms with van der Waals surface area (Å²) in [6.45, 7) is 3.99. The van der Waals surface area contributed by atoms with Crippen LogP contribution in [0.5, 0.6) is 0 Å². The third-order valence-corrected chi connectivity index (χ3v) is 3.24. The van der Waals surface area contributed by atoms with Gasteiger partial charge in [-0.15, -0.1) is 0 Å². The van der Waals surface area contributed by atoms with Crippen molar-refractivity contribution in [2.24, 2.45) is 0 Å². The molecule has 0 amide bonds. The summed E-state index contributed by atoms with van der Waals surface area (Å²) in [5.74, 6) is 0. The molecular weight excluding hydrogens is 228 g/mol. The van der Waals surface area contributed by atoms with Crippen LogP contribution < -0.4 is 5.32 Å². The van der Waals surface area contributed by atoms with Crippen molar-refractivity contribution < 1.29 is 0 Å². The number of nitrogens with zero attached hydrogens (tertiary/aromatic N) is 1. The van der Waals surface area contributed by atoms with Gasteiger partial charge in [-0.25, -0.2) is 0 Å². The van der Waals surface area contributed by atoms with Crippen molar-refractivity contribution in [1.29, 1.82) is 0 Å². The molecule has 0 saturated carbocycles. The lowest BCUT2D eigenvalue weighted by molar-refractivity contribution is 0.363. The van der Waals surface area contributed by atoms with Crippen molar-refractivity contribution in [2.45, 2.75) is 0 Å². The third kappa shape index (κ3) is 2.68. The molecule has 1 N–H and O–H groups in total. The Bertz CT molecular complexity index is 344. The number of hydrogen-bond acceptors (Lipinski definition) is 2. The molecule has 0 aromatic heterocycles. The maximum atomic E-state index is 5.84. The third-order valence-electron chi connectivity index (χ3n) is 2.50. The highest BCUT2D eigenvalue weighted by atomic mass is 35.5. The lowest BCUT2D eigenvalue weighted by atomic mass is 10.2. The second kappa shape index (κ2) is 4.92. The monoisotopic (exact) mass is 240 g/mol. The fraction of sp³-hybridized carbons (Fsp3) is 0.364. The fourth-order valence-corrected chi connectivity index (χ4v) is 2.09. The Balaban J connectivity index is 2.09. The highest BCUT2D eigenvalue weighted by molar-refractivity contribution is 7.80. The summed E-state index contributed by atoms with van der Waals surface area (Å²) >= 11 is 11.3. The summed E-state index contributed by atoms with van der Waals surface area (Å²) in [6.07, 6.45) is 0. The Kier molecular flexibility index (Phi) is 3.57. The Labute approximate surface area is 100 Å². The van der Waals surface area contributed by atoms with E-state index in [0.717, 1.165) is 41.8 Å². The first-order chi connectivity index (χ1) is 7.27. The van der Waals surface area contributed by atoms with Gasteiger partial charge in [0.2, 0.25) is 0 Å². The first-order valence-electron chi connectivity index (χ1n) is 5.03. The molecular formula is C11H13ClN2S. The van der Waals surface area contributed by atoms with Crippen molar-refractivity contribution in [3.05, 3.63) is 34.9 Å². The zero-order chi connectivity index (χ0) is 10.7. The van der Waals surface area contributed by atoms with Gasteiger partial charge in [0.05, 0.1) is 0 Å². The summed E-state index contributed by atoms with van der Waals surface area (Å²) in [7, 11) is 0. The smallest absolute Gasteiger partial charge is 0.109 e. The van der Waals surface area contributed by atoms with Crippen LogP contribution in [0.25, 0.3) is 0 Å². The number of rotatable bonds is 1. The molecule has 2 rings (SSSR count). The molecule has 1 aromatic rings. The number of halogens is 1. The van der Waals surface area contributed by atoms with Crippen LogP contribution >= 0.6 is 23.8 Å². The number of piperazine rings is 1. The average Bonchev–Trinajstić information content (AvgIpc) is 2.30. The summed E-state index contributed by atoms with van der Waals surface area (Å²) in [6, 6.07) is 7.72. The second-order valence-corrected chi connectivity index (χ2v) is 4.37. The van der Waals surface area contributed by atoms with E-state index in [1.165, 1.54) is 0 Å². The van der Waals surface area contributed by atoms with Crippen LogP contribution in [-0.4, -0.2) is 36.1 Å². The van der Waals surface area contributed by atoms with Gasteiger partial charge in [-0.1, -0.05) is 36.0 Å². The summed E-state index contributed by atoms with van der Waals surface area (Å²) in [5.41, 5.74) is 1.08. The molecule has 1 heterocycles. The SMILES string of the molecule is S=C(c1ccc(Cl)cc1)N1CCNCC1. The van der Waals surface area contributed by atoms with Crippen molar-refractivity contribution >= 4 is 28.8 Å². The molecule has 15 heavy (non-hydrogen) atoms. The summed E-state index contributed by atoms with van der Waals surface area (Å²) in [4.78, 5) is 3.16. The molecule has 1 aromatic carbocycles. The lowest BCUT2D eigenvalue weighted by Gasteiger charge is -2.29. The van der Waals surface area contributed by atoms with Crippen molar-refractivity contribution in [3.8, 4) is 0 Å². The summed E-state index contributed by atoms with van der Waals surface area (Å²) < 4.78 is 0. The Morgan fingerprint density at radius 1 is 1.20 bits per heavy atom. The number of benzene rings is 1. The molecule has 2 nitrogen and oxygen atoms in total. The Morgan fingerprint density at radius 3 is 2.40 bits per heavy atom. The molecule has 0 radical (unpaired) electrons. The molecule has 1 aliphatic rings. The molecule has 0 atom stereocenters. The van der Waals surface area contributed by atoms with Crippen molar-refractivity contribution in [2.75, 3.05) is 26.2 Å². The first-order valence-corrected chi connectivity index (χ1v) is 5.81. The molecule has 1 fully saturated rings. The van der Waals surface area contributed by atoms with E-state index in [1.54, 1.807) is 0 Å². The minimum absolute atomic E-state index is 0.752. The van der Waals surface area contributed by atoms with E-state index in [0.29, 0.717) is 0 Å². The molecule has 0 bridgehead atoms. The van der Waals surface area contributed by atoms with Crippen LogP contribution in [0.4, 0.5) is 0 Å². The maximum absolute atomic E-state index is 5.84. The largest absolute Gasteiger partial charge is 0.360 e. The van der Waals surface area contributed by atoms with Crippen molar-refractivity contribution in [3.63, 3.8) is 0 Å². The molecule has 80 valence electrons. The van der Waals surface area contributed by atoms with Gasteiger partial charge in [0.15, 0.2) is 0 Å². The normalized spacial score (nSPS) is 16.5. The molecule has 1 saturated heterocycles. The quantitative estimate of drug-likeness (QED) is 0.756. The zero-order valence-corrected chi connectivity index (χ0v) is 9.94. The molecule has 0 spiro atoms. The number of thiocarbonyl (C=S) groups is 1. The van der Waals surface area contributed by atoms with Gasteiger partial charge in [-0.05, 0) is 12.1 Å². The van der Waals surface area contributed by atoms with Crippen LogP contribution in [0, 0.1) is 0 Å². The predicted molar refractivity (Wildman–Crippen MR) is 67.6 cm³/mol. The highest BCUT2D eigenvalue weighted by Crippen LogP contribution is 2.12. The van der Waals surface area contributed by atoms with Gasteiger partial charge < -0.3 is 10.2 Å². The van der Waals surface area contributed by atoms with Gasteiger partial charge in [0.25, 0.3) is 0 Å².